The Morgan fingerprint density at radius 1 is 1.38 bits per heavy atom. The van der Waals surface area contributed by atoms with Gasteiger partial charge < -0.3 is 15.0 Å². The van der Waals surface area contributed by atoms with Crippen molar-refractivity contribution in [2.24, 2.45) is 0 Å². The number of benzene rings is 1. The minimum absolute atomic E-state index is 0.0816. The van der Waals surface area contributed by atoms with Crippen LogP contribution in [0.3, 0.4) is 0 Å². The number of nitrogens with one attached hydrogen (secondary N) is 1. The van der Waals surface area contributed by atoms with Crippen molar-refractivity contribution in [2.45, 2.75) is 26.2 Å². The van der Waals surface area contributed by atoms with Gasteiger partial charge in [0.05, 0.1) is 17.8 Å². The lowest BCUT2D eigenvalue weighted by Crippen LogP contribution is -2.35. The number of piperidine rings is 1. The molecule has 0 unspecified atom stereocenters. The van der Waals surface area contributed by atoms with E-state index in [4.69, 9.17) is 4.74 Å². The molecule has 1 saturated heterocycles. The average molecular weight is 345 g/mol. The summed E-state index contributed by atoms with van der Waals surface area (Å²) in [6.45, 7) is 2.52. The number of carbonyl (C=O) groups excluding carboxylic acids is 2. The zero-order valence-corrected chi connectivity index (χ0v) is 14.5. The number of ether oxygens (including phenoxy) is 1. The van der Waals surface area contributed by atoms with E-state index in [1.54, 1.807) is 35.6 Å². The van der Waals surface area contributed by atoms with Gasteiger partial charge in [0.25, 0.3) is 5.91 Å². The molecule has 2 aromatic rings. The number of anilines is 2. The number of methoxy groups -OCH3 is 1. The van der Waals surface area contributed by atoms with E-state index in [2.05, 4.69) is 10.3 Å². The molecule has 2 amide bonds. The Bertz CT molecular complexity index is 772. The minimum Gasteiger partial charge on any atom is -0.495 e. The second kappa shape index (κ2) is 7.00. The average Bonchev–Trinajstić information content (AvgIpc) is 3.02. The summed E-state index contributed by atoms with van der Waals surface area (Å²) in [4.78, 5) is 30.4. The van der Waals surface area contributed by atoms with Gasteiger partial charge in [-0.05, 0) is 38.0 Å². The molecule has 7 heteroatoms. The van der Waals surface area contributed by atoms with Crippen LogP contribution >= 0.6 is 11.3 Å². The predicted octanol–water partition coefficient (Wildman–Crippen LogP) is 3.23. The van der Waals surface area contributed by atoms with Gasteiger partial charge in [-0.3, -0.25) is 9.59 Å². The Kier molecular flexibility index (Phi) is 4.80. The zero-order chi connectivity index (χ0) is 17.1. The van der Waals surface area contributed by atoms with Gasteiger partial charge in [0.2, 0.25) is 5.91 Å². The van der Waals surface area contributed by atoms with Gasteiger partial charge in [0, 0.05) is 24.0 Å². The summed E-state index contributed by atoms with van der Waals surface area (Å²) >= 11 is 1.43. The molecular weight excluding hydrogens is 326 g/mol. The van der Waals surface area contributed by atoms with Crippen LogP contribution in [0.25, 0.3) is 0 Å². The van der Waals surface area contributed by atoms with Crippen LogP contribution in [0.15, 0.2) is 23.6 Å². The van der Waals surface area contributed by atoms with Gasteiger partial charge in [-0.25, -0.2) is 4.98 Å². The van der Waals surface area contributed by atoms with E-state index in [-0.39, 0.29) is 11.8 Å². The second-order valence-electron chi connectivity index (χ2n) is 5.59. The molecule has 0 radical (unpaired) electrons. The summed E-state index contributed by atoms with van der Waals surface area (Å²) in [7, 11) is 1.57. The minimum atomic E-state index is -0.263. The Morgan fingerprint density at radius 2 is 2.21 bits per heavy atom. The van der Waals surface area contributed by atoms with Crippen LogP contribution in [0.4, 0.5) is 11.4 Å². The molecule has 3 rings (SSSR count). The highest BCUT2D eigenvalue weighted by Gasteiger charge is 2.23. The summed E-state index contributed by atoms with van der Waals surface area (Å²) in [6.07, 6.45) is 2.42. The van der Waals surface area contributed by atoms with Gasteiger partial charge in [-0.2, -0.15) is 0 Å². The number of carbonyl (C=O) groups is 2. The fourth-order valence-electron chi connectivity index (χ4n) is 2.70. The monoisotopic (exact) mass is 345 g/mol. The van der Waals surface area contributed by atoms with E-state index >= 15 is 0 Å². The van der Waals surface area contributed by atoms with Crippen molar-refractivity contribution in [3.05, 3.63) is 34.3 Å². The van der Waals surface area contributed by atoms with E-state index < -0.39 is 0 Å². The number of thiazole rings is 1. The lowest BCUT2D eigenvalue weighted by molar-refractivity contribution is -0.119. The summed E-state index contributed by atoms with van der Waals surface area (Å²) in [6, 6.07) is 5.30. The number of nitrogens with zero attached hydrogens (tertiary/aromatic N) is 2. The molecule has 126 valence electrons. The van der Waals surface area contributed by atoms with Crippen LogP contribution in [-0.2, 0) is 4.79 Å². The second-order valence-corrected chi connectivity index (χ2v) is 6.66. The standard InChI is InChI=1S/C17H19N3O3S/c1-11-18-13(10-24-11)17(22)19-12-6-7-15(23-2)14(9-12)20-8-4-3-5-16(20)21/h6-7,9-10H,3-5,8H2,1-2H3,(H,19,22). The summed E-state index contributed by atoms with van der Waals surface area (Å²) < 4.78 is 5.38. The Morgan fingerprint density at radius 3 is 2.88 bits per heavy atom. The first-order chi connectivity index (χ1) is 11.6. The maximum atomic E-state index is 12.3. The molecule has 1 aromatic heterocycles. The van der Waals surface area contributed by atoms with Crippen LogP contribution in [0.5, 0.6) is 5.75 Å². The number of hydrogen-bond acceptors (Lipinski definition) is 5. The quantitative estimate of drug-likeness (QED) is 0.923. The van der Waals surface area contributed by atoms with Crippen molar-refractivity contribution in [3.63, 3.8) is 0 Å². The highest BCUT2D eigenvalue weighted by Crippen LogP contribution is 2.33. The largest absolute Gasteiger partial charge is 0.495 e. The number of aryl methyl sites for hydroxylation is 1. The van der Waals surface area contributed by atoms with Crippen LogP contribution in [0, 0.1) is 6.92 Å². The fourth-order valence-corrected chi connectivity index (χ4v) is 3.30. The van der Waals surface area contributed by atoms with E-state index in [0.29, 0.717) is 35.8 Å². The third-order valence-electron chi connectivity index (χ3n) is 3.90. The Hall–Kier alpha value is -2.41. The topological polar surface area (TPSA) is 71.5 Å². The normalized spacial score (nSPS) is 14.6. The third-order valence-corrected chi connectivity index (χ3v) is 4.68. The van der Waals surface area contributed by atoms with Gasteiger partial charge in [0.1, 0.15) is 11.4 Å². The molecule has 2 heterocycles. The van der Waals surface area contributed by atoms with Gasteiger partial charge in [-0.15, -0.1) is 11.3 Å². The Labute approximate surface area is 144 Å². The molecule has 1 aromatic carbocycles. The van der Waals surface area contributed by atoms with Gasteiger partial charge in [0.15, 0.2) is 0 Å². The zero-order valence-electron chi connectivity index (χ0n) is 13.7. The van der Waals surface area contributed by atoms with E-state index in [0.717, 1.165) is 17.8 Å². The number of rotatable bonds is 4. The first-order valence-electron chi connectivity index (χ1n) is 7.80. The molecule has 6 nitrogen and oxygen atoms in total. The number of hydrogen-bond donors (Lipinski definition) is 1. The van der Waals surface area contributed by atoms with Crippen molar-refractivity contribution in [1.82, 2.24) is 4.98 Å². The summed E-state index contributed by atoms with van der Waals surface area (Å²) in [5.41, 5.74) is 1.69. The van der Waals surface area contributed by atoms with Crippen LogP contribution in [-0.4, -0.2) is 30.5 Å². The van der Waals surface area contributed by atoms with E-state index in [1.165, 1.54) is 11.3 Å². The van der Waals surface area contributed by atoms with Crippen molar-refractivity contribution in [2.75, 3.05) is 23.9 Å². The van der Waals surface area contributed by atoms with Crippen LogP contribution < -0.4 is 15.0 Å². The highest BCUT2D eigenvalue weighted by atomic mass is 32.1. The van der Waals surface area contributed by atoms with Crippen molar-refractivity contribution in [3.8, 4) is 5.75 Å². The van der Waals surface area contributed by atoms with E-state index in [9.17, 15) is 9.59 Å². The molecule has 0 bridgehead atoms. The highest BCUT2D eigenvalue weighted by molar-refractivity contribution is 7.09. The molecular formula is C17H19N3O3S. The molecule has 0 saturated carbocycles. The van der Waals surface area contributed by atoms with E-state index in [1.807, 2.05) is 6.92 Å². The Balaban J connectivity index is 1.85. The maximum Gasteiger partial charge on any atom is 0.275 e. The lowest BCUT2D eigenvalue weighted by Gasteiger charge is -2.28. The molecule has 1 aliphatic heterocycles. The first-order valence-corrected chi connectivity index (χ1v) is 8.68. The molecule has 0 atom stereocenters. The van der Waals surface area contributed by atoms with Crippen molar-refractivity contribution < 1.29 is 14.3 Å². The van der Waals surface area contributed by atoms with Crippen LogP contribution in [0.2, 0.25) is 0 Å². The third kappa shape index (κ3) is 3.41. The van der Waals surface area contributed by atoms with Gasteiger partial charge >= 0.3 is 0 Å². The van der Waals surface area contributed by atoms with Gasteiger partial charge in [-0.1, -0.05) is 0 Å². The summed E-state index contributed by atoms with van der Waals surface area (Å²) in [5.74, 6) is 0.436. The fraction of sp³-hybridized carbons (Fsp3) is 0.353. The predicted molar refractivity (Wildman–Crippen MR) is 94.0 cm³/mol. The number of aromatic nitrogens is 1. The van der Waals surface area contributed by atoms with Crippen molar-refractivity contribution >= 4 is 34.5 Å². The van der Waals surface area contributed by atoms with Crippen molar-refractivity contribution in [1.29, 1.82) is 0 Å². The van der Waals surface area contributed by atoms with Crippen LogP contribution in [0.1, 0.15) is 34.8 Å². The molecule has 0 spiro atoms. The SMILES string of the molecule is COc1ccc(NC(=O)c2csc(C)n2)cc1N1CCCCC1=O. The number of amides is 2. The molecule has 1 fully saturated rings. The summed E-state index contributed by atoms with van der Waals surface area (Å²) in [5, 5.41) is 5.40. The molecule has 1 aliphatic rings. The lowest BCUT2D eigenvalue weighted by atomic mass is 10.1. The maximum absolute atomic E-state index is 12.3. The molecule has 1 N–H and O–H groups in total. The smallest absolute Gasteiger partial charge is 0.275 e. The molecule has 24 heavy (non-hydrogen) atoms. The molecule has 0 aliphatic carbocycles. The first kappa shape index (κ1) is 16.4.